The minimum absolute atomic E-state index is 0.154. The fourth-order valence-electron chi connectivity index (χ4n) is 2.35. The van der Waals surface area contributed by atoms with Crippen LogP contribution in [0.25, 0.3) is 0 Å². The van der Waals surface area contributed by atoms with Crippen LogP contribution in [0.5, 0.6) is 0 Å². The Morgan fingerprint density at radius 1 is 1.32 bits per heavy atom. The van der Waals surface area contributed by atoms with Crippen molar-refractivity contribution in [2.24, 2.45) is 0 Å². The summed E-state index contributed by atoms with van der Waals surface area (Å²) < 4.78 is 13.4. The molecule has 0 bridgehead atoms. The second kappa shape index (κ2) is 6.83. The maximum atomic E-state index is 13.4. The average molecular weight is 277 g/mol. The van der Waals surface area contributed by atoms with Gasteiger partial charge in [0.05, 0.1) is 0 Å². The molecule has 2 rings (SSSR count). The number of hydrogen-bond acceptors (Lipinski definition) is 2. The monoisotopic (exact) mass is 277 g/mol. The first-order valence-corrected chi connectivity index (χ1v) is 7.65. The fraction of sp³-hybridized carbons (Fsp3) is 0.375. The van der Waals surface area contributed by atoms with Gasteiger partial charge in [-0.1, -0.05) is 13.0 Å². The predicted octanol–water partition coefficient (Wildman–Crippen LogP) is 4.48. The number of benzene rings is 1. The van der Waals surface area contributed by atoms with E-state index >= 15 is 0 Å². The molecule has 0 aliphatic carbocycles. The van der Waals surface area contributed by atoms with Gasteiger partial charge in [0, 0.05) is 6.04 Å². The highest BCUT2D eigenvalue weighted by Crippen LogP contribution is 2.24. The standard InChI is InChI=1S/C16H20FNS/c1-3-18-16(7-5-13-8-9-19-11-13)15-10-14(17)6-4-12(15)2/h4,6,8-11,16,18H,3,5,7H2,1-2H3. The molecular weight excluding hydrogens is 257 g/mol. The van der Waals surface area contributed by atoms with Crippen LogP contribution < -0.4 is 5.32 Å². The first kappa shape index (κ1) is 14.2. The topological polar surface area (TPSA) is 12.0 Å². The summed E-state index contributed by atoms with van der Waals surface area (Å²) in [5.41, 5.74) is 3.59. The Labute approximate surface area is 118 Å². The summed E-state index contributed by atoms with van der Waals surface area (Å²) in [4.78, 5) is 0. The SMILES string of the molecule is CCNC(CCc1ccsc1)c1cc(F)ccc1C. The molecule has 0 radical (unpaired) electrons. The Morgan fingerprint density at radius 2 is 2.16 bits per heavy atom. The molecule has 0 saturated carbocycles. The highest BCUT2D eigenvalue weighted by Gasteiger charge is 2.13. The van der Waals surface area contributed by atoms with E-state index in [-0.39, 0.29) is 11.9 Å². The van der Waals surface area contributed by atoms with Crippen LogP contribution >= 0.6 is 11.3 Å². The van der Waals surface area contributed by atoms with Gasteiger partial charge in [-0.05, 0) is 72.0 Å². The molecule has 1 nitrogen and oxygen atoms in total. The number of rotatable bonds is 6. The molecule has 102 valence electrons. The van der Waals surface area contributed by atoms with Crippen molar-refractivity contribution in [1.29, 1.82) is 0 Å². The smallest absolute Gasteiger partial charge is 0.123 e. The van der Waals surface area contributed by atoms with Gasteiger partial charge in [0.1, 0.15) is 5.82 Å². The van der Waals surface area contributed by atoms with Gasteiger partial charge < -0.3 is 5.32 Å². The lowest BCUT2D eigenvalue weighted by molar-refractivity contribution is 0.509. The molecule has 1 heterocycles. The van der Waals surface area contributed by atoms with E-state index in [9.17, 15) is 4.39 Å². The number of hydrogen-bond donors (Lipinski definition) is 1. The number of thiophene rings is 1. The van der Waals surface area contributed by atoms with Gasteiger partial charge in [-0.3, -0.25) is 0 Å². The molecule has 1 unspecified atom stereocenters. The molecule has 1 atom stereocenters. The Kier molecular flexibility index (Phi) is 5.11. The molecule has 19 heavy (non-hydrogen) atoms. The van der Waals surface area contributed by atoms with Gasteiger partial charge in [0.15, 0.2) is 0 Å². The molecule has 0 aliphatic heterocycles. The molecule has 1 N–H and O–H groups in total. The fourth-order valence-corrected chi connectivity index (χ4v) is 3.05. The molecule has 1 aromatic heterocycles. The van der Waals surface area contributed by atoms with Crippen LogP contribution in [0.3, 0.4) is 0 Å². The maximum absolute atomic E-state index is 13.4. The van der Waals surface area contributed by atoms with E-state index in [1.807, 2.05) is 13.0 Å². The van der Waals surface area contributed by atoms with Crippen molar-refractivity contribution in [3.63, 3.8) is 0 Å². The molecule has 2 aromatic rings. The summed E-state index contributed by atoms with van der Waals surface area (Å²) in [7, 11) is 0. The number of halogens is 1. The van der Waals surface area contributed by atoms with Gasteiger partial charge >= 0.3 is 0 Å². The van der Waals surface area contributed by atoms with E-state index < -0.39 is 0 Å². The summed E-state index contributed by atoms with van der Waals surface area (Å²) in [5.74, 6) is -0.154. The van der Waals surface area contributed by atoms with E-state index in [2.05, 4.69) is 29.1 Å². The minimum atomic E-state index is -0.154. The molecule has 0 fully saturated rings. The third-order valence-electron chi connectivity index (χ3n) is 3.37. The Morgan fingerprint density at radius 3 is 2.84 bits per heavy atom. The van der Waals surface area contributed by atoms with Crippen LogP contribution in [0.2, 0.25) is 0 Å². The van der Waals surface area contributed by atoms with E-state index in [1.54, 1.807) is 17.4 Å². The highest BCUT2D eigenvalue weighted by molar-refractivity contribution is 7.07. The Balaban J connectivity index is 2.12. The van der Waals surface area contributed by atoms with Crippen LogP contribution in [0, 0.1) is 12.7 Å². The van der Waals surface area contributed by atoms with E-state index in [0.29, 0.717) is 0 Å². The summed E-state index contributed by atoms with van der Waals surface area (Å²) >= 11 is 1.73. The summed E-state index contributed by atoms with van der Waals surface area (Å²) in [5, 5.41) is 7.75. The van der Waals surface area contributed by atoms with Crippen LogP contribution in [0.15, 0.2) is 35.0 Å². The summed E-state index contributed by atoms with van der Waals surface area (Å²) in [6.07, 6.45) is 2.02. The second-order valence-corrected chi connectivity index (χ2v) is 5.56. The van der Waals surface area contributed by atoms with E-state index in [0.717, 1.165) is 30.5 Å². The normalized spacial score (nSPS) is 12.6. The summed E-state index contributed by atoms with van der Waals surface area (Å²) in [6, 6.07) is 7.43. The lowest BCUT2D eigenvalue weighted by Crippen LogP contribution is -2.22. The third kappa shape index (κ3) is 3.88. The highest BCUT2D eigenvalue weighted by atomic mass is 32.1. The van der Waals surface area contributed by atoms with Gasteiger partial charge in [0.2, 0.25) is 0 Å². The van der Waals surface area contributed by atoms with Crippen molar-refractivity contribution in [3.8, 4) is 0 Å². The van der Waals surface area contributed by atoms with Gasteiger partial charge in [-0.2, -0.15) is 11.3 Å². The van der Waals surface area contributed by atoms with E-state index in [4.69, 9.17) is 0 Å². The maximum Gasteiger partial charge on any atom is 0.123 e. The molecular formula is C16H20FNS. The predicted molar refractivity (Wildman–Crippen MR) is 80.2 cm³/mol. The zero-order chi connectivity index (χ0) is 13.7. The van der Waals surface area contributed by atoms with Crippen LogP contribution in [-0.4, -0.2) is 6.54 Å². The van der Waals surface area contributed by atoms with Crippen molar-refractivity contribution < 1.29 is 4.39 Å². The quantitative estimate of drug-likeness (QED) is 0.821. The Hall–Kier alpha value is -1.19. The van der Waals surface area contributed by atoms with Crippen molar-refractivity contribution in [2.45, 2.75) is 32.7 Å². The van der Waals surface area contributed by atoms with Crippen molar-refractivity contribution >= 4 is 11.3 Å². The van der Waals surface area contributed by atoms with Gasteiger partial charge in [0.25, 0.3) is 0 Å². The lowest BCUT2D eigenvalue weighted by Gasteiger charge is -2.20. The minimum Gasteiger partial charge on any atom is -0.310 e. The molecule has 3 heteroatoms. The second-order valence-electron chi connectivity index (χ2n) is 4.78. The lowest BCUT2D eigenvalue weighted by atomic mass is 9.96. The Bertz CT molecular complexity index is 507. The van der Waals surface area contributed by atoms with Crippen LogP contribution in [0.1, 0.15) is 36.1 Å². The average Bonchev–Trinajstić information content (AvgIpc) is 2.91. The molecule has 0 saturated heterocycles. The van der Waals surface area contributed by atoms with Crippen molar-refractivity contribution in [1.82, 2.24) is 5.32 Å². The zero-order valence-electron chi connectivity index (χ0n) is 11.4. The van der Waals surface area contributed by atoms with Crippen molar-refractivity contribution in [2.75, 3.05) is 6.54 Å². The first-order valence-electron chi connectivity index (χ1n) is 6.71. The largest absolute Gasteiger partial charge is 0.310 e. The van der Waals surface area contributed by atoms with Gasteiger partial charge in [-0.15, -0.1) is 0 Å². The van der Waals surface area contributed by atoms with Crippen LogP contribution in [0.4, 0.5) is 4.39 Å². The molecule has 1 aromatic carbocycles. The van der Waals surface area contributed by atoms with Crippen LogP contribution in [-0.2, 0) is 6.42 Å². The molecule has 0 aliphatic rings. The molecule has 0 amide bonds. The zero-order valence-corrected chi connectivity index (χ0v) is 12.3. The van der Waals surface area contributed by atoms with E-state index in [1.165, 1.54) is 11.6 Å². The summed E-state index contributed by atoms with van der Waals surface area (Å²) in [6.45, 7) is 5.03. The van der Waals surface area contributed by atoms with Gasteiger partial charge in [-0.25, -0.2) is 4.39 Å². The first-order chi connectivity index (χ1) is 9.20. The number of nitrogens with one attached hydrogen (secondary N) is 1. The van der Waals surface area contributed by atoms with Crippen molar-refractivity contribution in [3.05, 3.63) is 57.5 Å². The number of aryl methyl sites for hydroxylation is 2. The molecule has 0 spiro atoms. The third-order valence-corrected chi connectivity index (χ3v) is 4.10.